The number of nitrogens with one attached hydrogen (secondary N) is 2. The van der Waals surface area contributed by atoms with Crippen LogP contribution in [0.5, 0.6) is 5.75 Å². The summed E-state index contributed by atoms with van der Waals surface area (Å²) >= 11 is 0. The van der Waals surface area contributed by atoms with E-state index in [0.29, 0.717) is 17.0 Å². The minimum atomic E-state index is -3.76. The monoisotopic (exact) mass is 331 g/mol. The minimum Gasteiger partial charge on any atom is -0.495 e. The molecular formula is C16H17N3O3S. The first-order valence-electron chi connectivity index (χ1n) is 7.02. The van der Waals surface area contributed by atoms with Gasteiger partial charge < -0.3 is 4.74 Å². The molecule has 0 fully saturated rings. The molecule has 2 aromatic carbocycles. The summed E-state index contributed by atoms with van der Waals surface area (Å²) in [5, 5.41) is 7.66. The number of benzene rings is 2. The highest BCUT2D eigenvalue weighted by molar-refractivity contribution is 7.92. The zero-order chi connectivity index (χ0) is 16.6. The third kappa shape index (κ3) is 2.87. The Labute approximate surface area is 134 Å². The highest BCUT2D eigenvalue weighted by Gasteiger charge is 2.23. The molecule has 0 saturated heterocycles. The molecule has 7 heteroatoms. The van der Waals surface area contributed by atoms with Gasteiger partial charge in [0, 0.05) is 5.39 Å². The fourth-order valence-corrected chi connectivity index (χ4v) is 4.05. The van der Waals surface area contributed by atoms with Gasteiger partial charge in [-0.25, -0.2) is 8.42 Å². The Morgan fingerprint density at radius 2 is 1.96 bits per heavy atom. The summed E-state index contributed by atoms with van der Waals surface area (Å²) in [5.41, 5.74) is 2.80. The van der Waals surface area contributed by atoms with Crippen LogP contribution in [0.4, 0.5) is 5.69 Å². The molecule has 0 bridgehead atoms. The molecular weight excluding hydrogens is 314 g/mol. The Hall–Kier alpha value is -2.54. The van der Waals surface area contributed by atoms with Crippen LogP contribution < -0.4 is 9.46 Å². The van der Waals surface area contributed by atoms with Crippen LogP contribution in [-0.2, 0) is 10.0 Å². The maximum atomic E-state index is 12.8. The van der Waals surface area contributed by atoms with E-state index in [1.807, 2.05) is 13.0 Å². The number of ether oxygens (including phenoxy) is 1. The Morgan fingerprint density at radius 1 is 1.17 bits per heavy atom. The minimum absolute atomic E-state index is 0.148. The molecule has 0 aliphatic rings. The topological polar surface area (TPSA) is 84.1 Å². The molecule has 0 spiro atoms. The number of aromatic amines is 1. The number of hydrogen-bond donors (Lipinski definition) is 2. The van der Waals surface area contributed by atoms with Crippen molar-refractivity contribution in [1.82, 2.24) is 10.2 Å². The summed E-state index contributed by atoms with van der Waals surface area (Å²) in [4.78, 5) is 0.148. The molecule has 23 heavy (non-hydrogen) atoms. The Bertz CT molecular complexity index is 977. The normalized spacial score (nSPS) is 11.6. The van der Waals surface area contributed by atoms with Crippen LogP contribution in [0.2, 0.25) is 0 Å². The van der Waals surface area contributed by atoms with Crippen LogP contribution >= 0.6 is 0 Å². The summed E-state index contributed by atoms with van der Waals surface area (Å²) in [6, 6.07) is 8.73. The van der Waals surface area contributed by atoms with Crippen molar-refractivity contribution in [2.24, 2.45) is 0 Å². The van der Waals surface area contributed by atoms with E-state index in [4.69, 9.17) is 4.74 Å². The van der Waals surface area contributed by atoms with Gasteiger partial charge in [-0.1, -0.05) is 6.07 Å². The lowest BCUT2D eigenvalue weighted by molar-refractivity contribution is 0.402. The molecule has 0 saturated carbocycles. The molecule has 0 aliphatic carbocycles. The second-order valence-electron chi connectivity index (χ2n) is 5.39. The van der Waals surface area contributed by atoms with E-state index in [0.717, 1.165) is 16.5 Å². The number of nitrogens with zero attached hydrogens (tertiary/aromatic N) is 1. The summed E-state index contributed by atoms with van der Waals surface area (Å²) in [7, 11) is -2.30. The Morgan fingerprint density at radius 3 is 2.70 bits per heavy atom. The van der Waals surface area contributed by atoms with Gasteiger partial charge in [0.05, 0.1) is 24.5 Å². The average Bonchev–Trinajstić information content (AvgIpc) is 2.92. The maximum Gasteiger partial charge on any atom is 0.265 e. The van der Waals surface area contributed by atoms with Gasteiger partial charge in [0.25, 0.3) is 10.0 Å². The van der Waals surface area contributed by atoms with Crippen LogP contribution in [0.3, 0.4) is 0 Å². The number of H-pyrrole nitrogens is 1. The SMILES string of the molecule is COc1cc(C)cc(C)c1S(=O)(=O)Nc1ccc2cn[nH]c2c1. The van der Waals surface area contributed by atoms with E-state index in [-0.39, 0.29) is 4.90 Å². The molecule has 0 aliphatic heterocycles. The molecule has 0 unspecified atom stereocenters. The number of sulfonamides is 1. The van der Waals surface area contributed by atoms with Crippen molar-refractivity contribution in [3.63, 3.8) is 0 Å². The van der Waals surface area contributed by atoms with Crippen molar-refractivity contribution >= 4 is 26.6 Å². The summed E-state index contributed by atoms with van der Waals surface area (Å²) < 4.78 is 33.4. The summed E-state index contributed by atoms with van der Waals surface area (Å²) in [6.07, 6.45) is 1.68. The smallest absolute Gasteiger partial charge is 0.265 e. The van der Waals surface area contributed by atoms with Gasteiger partial charge in [0.1, 0.15) is 10.6 Å². The predicted octanol–water partition coefficient (Wildman–Crippen LogP) is 2.99. The third-order valence-electron chi connectivity index (χ3n) is 3.57. The number of aryl methyl sites for hydroxylation is 2. The van der Waals surface area contributed by atoms with Crippen LogP contribution in [0.25, 0.3) is 10.9 Å². The lowest BCUT2D eigenvalue weighted by atomic mass is 10.1. The van der Waals surface area contributed by atoms with Crippen molar-refractivity contribution < 1.29 is 13.2 Å². The van der Waals surface area contributed by atoms with Crippen LogP contribution in [0.15, 0.2) is 41.4 Å². The van der Waals surface area contributed by atoms with Crippen molar-refractivity contribution in [1.29, 1.82) is 0 Å². The molecule has 6 nitrogen and oxygen atoms in total. The average molecular weight is 331 g/mol. The first-order chi connectivity index (χ1) is 10.9. The van der Waals surface area contributed by atoms with Gasteiger partial charge in [-0.2, -0.15) is 5.10 Å². The van der Waals surface area contributed by atoms with E-state index in [1.165, 1.54) is 7.11 Å². The molecule has 0 radical (unpaired) electrons. The highest BCUT2D eigenvalue weighted by Crippen LogP contribution is 2.30. The molecule has 2 N–H and O–H groups in total. The van der Waals surface area contributed by atoms with Gasteiger partial charge in [0.15, 0.2) is 0 Å². The van der Waals surface area contributed by atoms with Gasteiger partial charge >= 0.3 is 0 Å². The lowest BCUT2D eigenvalue weighted by Crippen LogP contribution is -2.15. The van der Waals surface area contributed by atoms with Crippen molar-refractivity contribution in [2.45, 2.75) is 18.7 Å². The number of aromatic nitrogens is 2. The van der Waals surface area contributed by atoms with Gasteiger partial charge in [0.2, 0.25) is 0 Å². The summed E-state index contributed by atoms with van der Waals surface area (Å²) in [6.45, 7) is 3.65. The van der Waals surface area contributed by atoms with Crippen LogP contribution in [-0.4, -0.2) is 25.7 Å². The van der Waals surface area contributed by atoms with Crippen molar-refractivity contribution in [3.8, 4) is 5.75 Å². The zero-order valence-electron chi connectivity index (χ0n) is 13.0. The summed E-state index contributed by atoms with van der Waals surface area (Å²) in [5.74, 6) is 0.331. The Kier molecular flexibility index (Phi) is 3.73. The Balaban J connectivity index is 2.05. The molecule has 1 aromatic heterocycles. The predicted molar refractivity (Wildman–Crippen MR) is 89.4 cm³/mol. The second-order valence-corrected chi connectivity index (χ2v) is 7.01. The highest BCUT2D eigenvalue weighted by atomic mass is 32.2. The number of fused-ring (bicyclic) bond motifs is 1. The van der Waals surface area contributed by atoms with Crippen LogP contribution in [0.1, 0.15) is 11.1 Å². The van der Waals surface area contributed by atoms with Gasteiger partial charge in [-0.05, 0) is 49.2 Å². The van der Waals surface area contributed by atoms with E-state index in [9.17, 15) is 8.42 Å². The largest absolute Gasteiger partial charge is 0.495 e. The van der Waals surface area contributed by atoms with Gasteiger partial charge in [-0.3, -0.25) is 9.82 Å². The molecule has 120 valence electrons. The molecule has 0 amide bonds. The van der Waals surface area contributed by atoms with Crippen molar-refractivity contribution in [3.05, 3.63) is 47.7 Å². The fourth-order valence-electron chi connectivity index (χ4n) is 2.62. The number of methoxy groups -OCH3 is 1. The molecule has 1 heterocycles. The number of anilines is 1. The van der Waals surface area contributed by atoms with Crippen LogP contribution in [0, 0.1) is 13.8 Å². The van der Waals surface area contributed by atoms with Crippen molar-refractivity contribution in [2.75, 3.05) is 11.8 Å². The lowest BCUT2D eigenvalue weighted by Gasteiger charge is -2.15. The van der Waals surface area contributed by atoms with E-state index < -0.39 is 10.0 Å². The molecule has 3 aromatic rings. The third-order valence-corrected chi connectivity index (χ3v) is 5.13. The quantitative estimate of drug-likeness (QED) is 0.770. The number of rotatable bonds is 4. The van der Waals surface area contributed by atoms with E-state index in [2.05, 4.69) is 14.9 Å². The second kappa shape index (κ2) is 5.58. The maximum absolute atomic E-state index is 12.8. The molecule has 0 atom stereocenters. The number of hydrogen-bond acceptors (Lipinski definition) is 4. The standard InChI is InChI=1S/C16H17N3O3S/c1-10-6-11(2)16(15(7-10)22-3)23(20,21)19-13-5-4-12-9-17-18-14(12)8-13/h4-9,19H,1-3H3,(H,17,18). The first kappa shape index (κ1) is 15.4. The van der Waals surface area contributed by atoms with E-state index >= 15 is 0 Å². The zero-order valence-corrected chi connectivity index (χ0v) is 13.9. The van der Waals surface area contributed by atoms with Gasteiger partial charge in [-0.15, -0.1) is 0 Å². The first-order valence-corrected chi connectivity index (χ1v) is 8.50. The molecule has 3 rings (SSSR count). The fraction of sp³-hybridized carbons (Fsp3) is 0.188. The van der Waals surface area contributed by atoms with E-state index in [1.54, 1.807) is 37.4 Å².